The average Bonchev–Trinajstić information content (AvgIpc) is 2.95. The summed E-state index contributed by atoms with van der Waals surface area (Å²) in [6, 6.07) is 1.75. The van der Waals surface area contributed by atoms with E-state index in [2.05, 4.69) is 15.2 Å². The number of nitrogens with zero attached hydrogens (tertiary/aromatic N) is 2. The summed E-state index contributed by atoms with van der Waals surface area (Å²) in [5.74, 6) is -0.298. The third-order valence-electron chi connectivity index (χ3n) is 4.74. The molecule has 0 aromatic carbocycles. The van der Waals surface area contributed by atoms with E-state index in [0.717, 1.165) is 30.6 Å². The normalized spacial score (nSPS) is 17.7. The van der Waals surface area contributed by atoms with Crippen LogP contribution in [-0.4, -0.2) is 48.3 Å². The van der Waals surface area contributed by atoms with Crippen molar-refractivity contribution in [2.45, 2.75) is 6.42 Å². The van der Waals surface area contributed by atoms with Gasteiger partial charge in [0.25, 0.3) is 0 Å². The number of nitrogens with one attached hydrogen (secondary N) is 2. The first kappa shape index (κ1) is 21.5. The Kier molecular flexibility index (Phi) is 7.59. The number of allylic oxidation sites excluding steroid dienone is 5. The summed E-state index contributed by atoms with van der Waals surface area (Å²) in [7, 11) is 0. The lowest BCUT2D eigenvalue weighted by atomic mass is 10.0. The van der Waals surface area contributed by atoms with E-state index in [1.165, 1.54) is 12.3 Å². The molecule has 1 aromatic heterocycles. The third kappa shape index (κ3) is 5.46. The highest BCUT2D eigenvalue weighted by Crippen LogP contribution is 2.24. The van der Waals surface area contributed by atoms with Gasteiger partial charge in [0.2, 0.25) is 5.91 Å². The van der Waals surface area contributed by atoms with E-state index in [1.807, 2.05) is 12.2 Å². The summed E-state index contributed by atoms with van der Waals surface area (Å²) < 4.78 is 5.40. The molecular weight excluding hydrogens is 402 g/mol. The Hall–Kier alpha value is -3.16. The third-order valence-corrected chi connectivity index (χ3v) is 5.07. The Balaban J connectivity index is 1.72. The zero-order valence-corrected chi connectivity index (χ0v) is 17.2. The average molecular weight is 426 g/mol. The number of pyridine rings is 1. The molecule has 1 amide bonds. The smallest absolute Gasteiger partial charge is 0.248 e. The van der Waals surface area contributed by atoms with Gasteiger partial charge in [-0.2, -0.15) is 0 Å². The lowest BCUT2D eigenvalue weighted by Crippen LogP contribution is -2.35. The first-order valence-corrected chi connectivity index (χ1v) is 9.95. The van der Waals surface area contributed by atoms with Crippen molar-refractivity contribution >= 4 is 35.4 Å². The van der Waals surface area contributed by atoms with E-state index in [4.69, 9.17) is 27.5 Å². The van der Waals surface area contributed by atoms with E-state index in [9.17, 15) is 4.79 Å². The molecule has 2 heterocycles. The Morgan fingerprint density at radius 2 is 2.17 bits per heavy atom. The van der Waals surface area contributed by atoms with Gasteiger partial charge < -0.3 is 26.1 Å². The van der Waals surface area contributed by atoms with Crippen LogP contribution in [0.3, 0.4) is 0 Å². The molecule has 7 nitrogen and oxygen atoms in total. The molecule has 0 unspecified atom stereocenters. The quantitative estimate of drug-likeness (QED) is 0.480. The number of carbonyl (C=O) groups is 1. The molecule has 0 spiro atoms. The van der Waals surface area contributed by atoms with Crippen LogP contribution in [0.1, 0.15) is 17.5 Å². The molecule has 2 aliphatic rings. The number of nitrogens with two attached hydrogens (primary N) is 1. The maximum Gasteiger partial charge on any atom is 0.248 e. The number of aromatic nitrogens is 1. The second kappa shape index (κ2) is 10.6. The predicted molar refractivity (Wildman–Crippen MR) is 119 cm³/mol. The number of amides is 1. The Morgan fingerprint density at radius 1 is 1.37 bits per heavy atom. The summed E-state index contributed by atoms with van der Waals surface area (Å²) in [6.07, 6.45) is 15.1. The molecule has 8 heteroatoms. The van der Waals surface area contributed by atoms with Crippen molar-refractivity contribution in [1.82, 2.24) is 15.2 Å². The predicted octanol–water partition coefficient (Wildman–Crippen LogP) is 2.79. The SMILES string of the molecule is N=C/C(=C\N)c1ccncc1/C=C/C(=O)NC1=CC(Cl)=C(N2CCOCC2)CC=C1. The fourth-order valence-electron chi connectivity index (χ4n) is 3.22. The van der Waals surface area contributed by atoms with Crippen molar-refractivity contribution in [2.75, 3.05) is 26.3 Å². The molecule has 1 aliphatic heterocycles. The fourth-order valence-corrected chi connectivity index (χ4v) is 3.54. The Labute approximate surface area is 180 Å². The second-order valence-corrected chi connectivity index (χ2v) is 7.06. The standard InChI is InChI=1S/C22H24ClN5O2/c23-20-12-18(2-1-3-21(20)28-8-10-30-11-9-28)27-22(29)5-4-16-15-26-7-6-19(16)17(13-24)14-25/h1-2,4-7,12-15,24H,3,8-11,25H2,(H,27,29)/b5-4+,17-14+,24-13?. The number of ether oxygens (including phenoxy) is 1. The maximum absolute atomic E-state index is 12.4. The van der Waals surface area contributed by atoms with Gasteiger partial charge in [-0.25, -0.2) is 0 Å². The van der Waals surface area contributed by atoms with Crippen LogP contribution < -0.4 is 11.1 Å². The number of hydrogen-bond acceptors (Lipinski definition) is 6. The van der Waals surface area contributed by atoms with Crippen LogP contribution in [0.5, 0.6) is 0 Å². The van der Waals surface area contributed by atoms with Gasteiger partial charge in [0, 0.05) is 72.9 Å². The van der Waals surface area contributed by atoms with Crippen molar-refractivity contribution in [3.05, 3.63) is 76.5 Å². The van der Waals surface area contributed by atoms with Crippen molar-refractivity contribution in [1.29, 1.82) is 5.41 Å². The van der Waals surface area contributed by atoms with Gasteiger partial charge >= 0.3 is 0 Å². The monoisotopic (exact) mass is 425 g/mol. The maximum atomic E-state index is 12.4. The van der Waals surface area contributed by atoms with Crippen LogP contribution >= 0.6 is 11.6 Å². The Bertz CT molecular complexity index is 956. The fraction of sp³-hybridized carbons (Fsp3) is 0.227. The summed E-state index contributed by atoms with van der Waals surface area (Å²) in [4.78, 5) is 18.7. The molecule has 156 valence electrons. The van der Waals surface area contributed by atoms with Gasteiger partial charge in [-0.05, 0) is 29.9 Å². The highest BCUT2D eigenvalue weighted by atomic mass is 35.5. The van der Waals surface area contributed by atoms with E-state index in [0.29, 0.717) is 41.5 Å². The zero-order chi connectivity index (χ0) is 21.3. The summed E-state index contributed by atoms with van der Waals surface area (Å²) in [5, 5.41) is 10.9. The van der Waals surface area contributed by atoms with Gasteiger partial charge in [-0.3, -0.25) is 9.78 Å². The van der Waals surface area contributed by atoms with Crippen LogP contribution in [-0.2, 0) is 9.53 Å². The van der Waals surface area contributed by atoms with Crippen molar-refractivity contribution in [3.8, 4) is 0 Å². The molecule has 1 aliphatic carbocycles. The van der Waals surface area contributed by atoms with Crippen LogP contribution in [0.25, 0.3) is 11.6 Å². The number of halogens is 1. The number of carbonyl (C=O) groups excluding carboxylic acids is 1. The topological polar surface area (TPSA) is 104 Å². The van der Waals surface area contributed by atoms with Crippen LogP contribution in [0.4, 0.5) is 0 Å². The molecular formula is C22H24ClN5O2. The molecule has 0 atom stereocenters. The number of rotatable bonds is 6. The van der Waals surface area contributed by atoms with Crippen LogP contribution in [0.15, 0.2) is 65.4 Å². The molecule has 4 N–H and O–H groups in total. The highest BCUT2D eigenvalue weighted by Gasteiger charge is 2.17. The molecule has 0 radical (unpaired) electrons. The van der Waals surface area contributed by atoms with Gasteiger partial charge in [0.15, 0.2) is 0 Å². The minimum absolute atomic E-state index is 0.298. The van der Waals surface area contributed by atoms with Crippen molar-refractivity contribution in [3.63, 3.8) is 0 Å². The van der Waals surface area contributed by atoms with E-state index >= 15 is 0 Å². The summed E-state index contributed by atoms with van der Waals surface area (Å²) in [6.45, 7) is 2.98. The minimum atomic E-state index is -0.298. The van der Waals surface area contributed by atoms with Crippen molar-refractivity contribution < 1.29 is 9.53 Å². The zero-order valence-electron chi connectivity index (χ0n) is 16.5. The number of hydrogen-bond donors (Lipinski definition) is 3. The highest BCUT2D eigenvalue weighted by molar-refractivity contribution is 6.31. The largest absolute Gasteiger partial charge is 0.404 e. The van der Waals surface area contributed by atoms with E-state index in [-0.39, 0.29) is 5.91 Å². The molecule has 3 rings (SSSR count). The van der Waals surface area contributed by atoms with E-state index in [1.54, 1.807) is 30.6 Å². The summed E-state index contributed by atoms with van der Waals surface area (Å²) in [5.41, 5.74) is 9.18. The minimum Gasteiger partial charge on any atom is -0.404 e. The molecule has 1 aromatic rings. The van der Waals surface area contributed by atoms with Crippen molar-refractivity contribution in [2.24, 2.45) is 5.73 Å². The molecule has 30 heavy (non-hydrogen) atoms. The first-order valence-electron chi connectivity index (χ1n) is 9.57. The van der Waals surface area contributed by atoms with Gasteiger partial charge in [0.1, 0.15) is 0 Å². The Morgan fingerprint density at radius 3 is 2.90 bits per heavy atom. The first-order chi connectivity index (χ1) is 14.6. The second-order valence-electron chi connectivity index (χ2n) is 6.65. The molecule has 0 bridgehead atoms. The van der Waals surface area contributed by atoms with Crippen LogP contribution in [0.2, 0.25) is 0 Å². The lowest BCUT2D eigenvalue weighted by Gasteiger charge is -2.31. The van der Waals surface area contributed by atoms with Gasteiger partial charge in [0.05, 0.1) is 18.2 Å². The molecule has 1 fully saturated rings. The lowest BCUT2D eigenvalue weighted by molar-refractivity contribution is -0.115. The molecule has 1 saturated heterocycles. The van der Waals surface area contributed by atoms with Gasteiger partial charge in [-0.1, -0.05) is 17.7 Å². The summed E-state index contributed by atoms with van der Waals surface area (Å²) >= 11 is 6.52. The van der Waals surface area contributed by atoms with Gasteiger partial charge in [-0.15, -0.1) is 0 Å². The van der Waals surface area contributed by atoms with Crippen LogP contribution in [0, 0.1) is 5.41 Å². The molecule has 0 saturated carbocycles. The van der Waals surface area contributed by atoms with E-state index < -0.39 is 0 Å². The number of morpholine rings is 1.